The monoisotopic (exact) mass is 323 g/mol. The first-order valence-electron chi connectivity index (χ1n) is 7.87. The number of nitro groups is 1. The molecule has 2 aromatic carbocycles. The highest BCUT2D eigenvalue weighted by atomic mass is 16.6. The van der Waals surface area contributed by atoms with Gasteiger partial charge >= 0.3 is 0 Å². The molecule has 1 amide bonds. The molecule has 4 rings (SSSR count). The van der Waals surface area contributed by atoms with Crippen molar-refractivity contribution in [3.05, 3.63) is 75.8 Å². The van der Waals surface area contributed by atoms with Gasteiger partial charge in [-0.2, -0.15) is 0 Å². The zero-order chi connectivity index (χ0) is 16.9. The van der Waals surface area contributed by atoms with E-state index < -0.39 is 11.6 Å². The first-order valence-corrected chi connectivity index (χ1v) is 7.87. The van der Waals surface area contributed by atoms with Crippen molar-refractivity contribution in [2.24, 2.45) is 0 Å². The fourth-order valence-corrected chi connectivity index (χ4v) is 4.28. The lowest BCUT2D eigenvalue weighted by molar-refractivity contribution is -0.534. The van der Waals surface area contributed by atoms with Gasteiger partial charge in [0, 0.05) is 22.7 Å². The molecule has 3 atom stereocenters. The standard InChI is InChI=1S/C18H17N3O3/c1-20-11-13(12-7-3-2-4-8-12)16(21(23)24)18(20)14-9-5-6-10-15(14)19-17(18)22/h2-10,13,16H,11H2,1H3,(H,19,22)/t13-,16+,18-/m1/s1. The third-order valence-electron chi connectivity index (χ3n) is 5.27. The zero-order valence-corrected chi connectivity index (χ0v) is 13.2. The molecule has 0 bridgehead atoms. The number of para-hydroxylation sites is 1. The van der Waals surface area contributed by atoms with E-state index in [0.29, 0.717) is 17.8 Å². The van der Waals surface area contributed by atoms with Gasteiger partial charge in [0.15, 0.2) is 5.54 Å². The Kier molecular flexibility index (Phi) is 3.18. The number of rotatable bonds is 2. The van der Waals surface area contributed by atoms with Crippen molar-refractivity contribution >= 4 is 11.6 Å². The largest absolute Gasteiger partial charge is 0.324 e. The van der Waals surface area contributed by atoms with Crippen LogP contribution >= 0.6 is 0 Å². The number of hydrogen-bond acceptors (Lipinski definition) is 4. The Labute approximate surface area is 139 Å². The van der Waals surface area contributed by atoms with Crippen LogP contribution in [-0.4, -0.2) is 35.4 Å². The molecule has 6 nitrogen and oxygen atoms in total. The summed E-state index contributed by atoms with van der Waals surface area (Å²) in [5.41, 5.74) is 0.980. The number of nitrogens with zero attached hydrogens (tertiary/aromatic N) is 2. The van der Waals surface area contributed by atoms with Crippen LogP contribution in [0, 0.1) is 10.1 Å². The highest BCUT2D eigenvalue weighted by Gasteiger charge is 2.68. The highest BCUT2D eigenvalue weighted by Crippen LogP contribution is 2.51. The summed E-state index contributed by atoms with van der Waals surface area (Å²) in [5.74, 6) is -0.658. The zero-order valence-electron chi connectivity index (χ0n) is 13.2. The lowest BCUT2D eigenvalue weighted by Crippen LogP contribution is -2.54. The smallest absolute Gasteiger partial charge is 0.256 e. The molecule has 1 saturated heterocycles. The lowest BCUT2D eigenvalue weighted by Gasteiger charge is -2.30. The van der Waals surface area contributed by atoms with Crippen molar-refractivity contribution in [3.8, 4) is 0 Å². The molecule has 24 heavy (non-hydrogen) atoms. The molecule has 2 aromatic rings. The molecule has 0 saturated carbocycles. The number of fused-ring (bicyclic) bond motifs is 2. The second kappa shape index (κ2) is 5.14. The average Bonchev–Trinajstić information content (AvgIpc) is 3.05. The summed E-state index contributed by atoms with van der Waals surface area (Å²) < 4.78 is 0. The van der Waals surface area contributed by atoms with Crippen molar-refractivity contribution in [1.29, 1.82) is 0 Å². The van der Waals surface area contributed by atoms with Gasteiger partial charge in [0.05, 0.1) is 5.92 Å². The van der Waals surface area contributed by atoms with Gasteiger partial charge in [-0.25, -0.2) is 0 Å². The summed E-state index contributed by atoms with van der Waals surface area (Å²) in [6.07, 6.45) is 0. The highest BCUT2D eigenvalue weighted by molar-refractivity contribution is 6.06. The Hall–Kier alpha value is -2.73. The Bertz CT molecular complexity index is 823. The van der Waals surface area contributed by atoms with E-state index in [1.54, 1.807) is 13.1 Å². The van der Waals surface area contributed by atoms with E-state index in [9.17, 15) is 14.9 Å². The first-order chi connectivity index (χ1) is 11.6. The Morgan fingerprint density at radius 3 is 2.54 bits per heavy atom. The van der Waals surface area contributed by atoms with Crippen molar-refractivity contribution < 1.29 is 9.72 Å². The van der Waals surface area contributed by atoms with Crippen LogP contribution in [-0.2, 0) is 10.3 Å². The van der Waals surface area contributed by atoms with Crippen LogP contribution < -0.4 is 5.32 Å². The summed E-state index contributed by atoms with van der Waals surface area (Å²) in [5, 5.41) is 14.9. The number of likely N-dealkylation sites (N-methyl/N-ethyl adjacent to an activating group) is 1. The fourth-order valence-electron chi connectivity index (χ4n) is 4.28. The van der Waals surface area contributed by atoms with Gasteiger partial charge in [-0.1, -0.05) is 48.5 Å². The number of hydrogen-bond donors (Lipinski definition) is 1. The topological polar surface area (TPSA) is 75.5 Å². The van der Waals surface area contributed by atoms with Crippen molar-refractivity contribution in [3.63, 3.8) is 0 Å². The first kappa shape index (κ1) is 14.8. The number of carbonyl (C=O) groups is 1. The minimum atomic E-state index is -1.26. The second-order valence-electron chi connectivity index (χ2n) is 6.39. The number of likely N-dealkylation sites (tertiary alicyclic amines) is 1. The van der Waals surface area contributed by atoms with Gasteiger partial charge in [0.25, 0.3) is 11.9 Å². The summed E-state index contributed by atoms with van der Waals surface area (Å²) in [6.45, 7) is 0.456. The van der Waals surface area contributed by atoms with Crippen LogP contribution in [0.4, 0.5) is 5.69 Å². The predicted molar refractivity (Wildman–Crippen MR) is 89.3 cm³/mol. The molecule has 2 aliphatic rings. The van der Waals surface area contributed by atoms with Gasteiger partial charge in [0.1, 0.15) is 0 Å². The minimum Gasteiger partial charge on any atom is -0.324 e. The van der Waals surface area contributed by atoms with Crippen molar-refractivity contribution in [2.75, 3.05) is 18.9 Å². The van der Waals surface area contributed by atoms with Gasteiger partial charge in [-0.3, -0.25) is 19.8 Å². The third-order valence-corrected chi connectivity index (χ3v) is 5.27. The maximum atomic E-state index is 12.9. The number of amides is 1. The van der Waals surface area contributed by atoms with Crippen LogP contribution in [0.15, 0.2) is 54.6 Å². The van der Waals surface area contributed by atoms with E-state index >= 15 is 0 Å². The summed E-state index contributed by atoms with van der Waals surface area (Å²) in [6, 6.07) is 15.6. The molecule has 6 heteroatoms. The molecule has 0 radical (unpaired) electrons. The minimum absolute atomic E-state index is 0.289. The predicted octanol–water partition coefficient (Wildman–Crippen LogP) is 2.21. The number of carbonyl (C=O) groups excluding carboxylic acids is 1. The average molecular weight is 323 g/mol. The lowest BCUT2D eigenvalue weighted by atomic mass is 9.79. The molecule has 0 aliphatic carbocycles. The summed E-state index contributed by atoms with van der Waals surface area (Å²) in [7, 11) is 1.79. The van der Waals surface area contributed by atoms with Gasteiger partial charge < -0.3 is 5.32 Å². The number of nitrogens with one attached hydrogen (secondary N) is 1. The SMILES string of the molecule is CN1C[C@H](c2ccccc2)[C@H]([N+](=O)[O-])[C@]12C(=O)Nc1ccccc12. The van der Waals surface area contributed by atoms with Gasteiger partial charge in [0.2, 0.25) is 0 Å². The number of anilines is 1. The molecular weight excluding hydrogens is 306 g/mol. The summed E-state index contributed by atoms with van der Waals surface area (Å²) in [4.78, 5) is 26.5. The third kappa shape index (κ3) is 1.77. The van der Waals surface area contributed by atoms with E-state index in [-0.39, 0.29) is 16.7 Å². The van der Waals surface area contributed by atoms with Crippen LogP contribution in [0.2, 0.25) is 0 Å². The molecule has 1 fully saturated rings. The fraction of sp³-hybridized carbons (Fsp3) is 0.278. The molecule has 1 spiro atoms. The van der Waals surface area contributed by atoms with Gasteiger partial charge in [-0.15, -0.1) is 0 Å². The molecule has 0 aromatic heterocycles. The Morgan fingerprint density at radius 2 is 1.83 bits per heavy atom. The normalized spacial score (nSPS) is 28.8. The maximum absolute atomic E-state index is 12.9. The molecule has 122 valence electrons. The molecular formula is C18H17N3O3. The van der Waals surface area contributed by atoms with Crippen LogP contribution in [0.3, 0.4) is 0 Å². The van der Waals surface area contributed by atoms with Crippen molar-refractivity contribution in [2.45, 2.75) is 17.5 Å². The summed E-state index contributed by atoms with van der Waals surface area (Å²) >= 11 is 0. The molecule has 2 aliphatic heterocycles. The van der Waals surface area contributed by atoms with E-state index in [0.717, 1.165) is 5.56 Å². The van der Waals surface area contributed by atoms with Crippen LogP contribution in [0.1, 0.15) is 17.0 Å². The van der Waals surface area contributed by atoms with Gasteiger partial charge in [-0.05, 0) is 18.7 Å². The van der Waals surface area contributed by atoms with E-state index in [1.165, 1.54) is 0 Å². The Balaban J connectivity index is 1.92. The van der Waals surface area contributed by atoms with E-state index in [2.05, 4.69) is 5.32 Å². The Morgan fingerprint density at radius 1 is 1.17 bits per heavy atom. The molecule has 1 N–H and O–H groups in total. The number of benzene rings is 2. The quantitative estimate of drug-likeness (QED) is 0.679. The van der Waals surface area contributed by atoms with E-state index in [1.807, 2.05) is 53.4 Å². The second-order valence-corrected chi connectivity index (χ2v) is 6.39. The molecule has 2 heterocycles. The van der Waals surface area contributed by atoms with Crippen LogP contribution in [0.25, 0.3) is 0 Å². The van der Waals surface area contributed by atoms with E-state index in [4.69, 9.17) is 0 Å². The molecule has 0 unspecified atom stereocenters. The van der Waals surface area contributed by atoms with Crippen LogP contribution in [0.5, 0.6) is 0 Å². The maximum Gasteiger partial charge on any atom is 0.256 e. The van der Waals surface area contributed by atoms with Crippen molar-refractivity contribution in [1.82, 2.24) is 4.90 Å².